The highest BCUT2D eigenvalue weighted by Crippen LogP contribution is 2.26. The highest BCUT2D eigenvalue weighted by atomic mass is 32.2. The summed E-state index contributed by atoms with van der Waals surface area (Å²) in [6, 6.07) is 7.58. The van der Waals surface area contributed by atoms with Gasteiger partial charge in [0.1, 0.15) is 0 Å². The van der Waals surface area contributed by atoms with Crippen LogP contribution in [0.2, 0.25) is 0 Å². The van der Waals surface area contributed by atoms with E-state index in [1.54, 1.807) is 10.4 Å². The van der Waals surface area contributed by atoms with E-state index < -0.39 is 10.0 Å². The predicted octanol–water partition coefficient (Wildman–Crippen LogP) is 2.34. The van der Waals surface area contributed by atoms with E-state index in [1.165, 1.54) is 0 Å². The molecule has 27 heavy (non-hydrogen) atoms. The molecule has 2 aliphatic heterocycles. The summed E-state index contributed by atoms with van der Waals surface area (Å²) in [5, 5.41) is 0.977. The molecule has 2 aliphatic rings. The Labute approximate surface area is 162 Å². The lowest BCUT2D eigenvalue weighted by Crippen LogP contribution is -2.43. The molecular weight excluding hydrogens is 360 g/mol. The molecule has 0 amide bonds. The number of H-pyrrole nitrogens is 1. The maximum Gasteiger partial charge on any atom is 0.243 e. The van der Waals surface area contributed by atoms with Crippen LogP contribution >= 0.6 is 0 Å². The van der Waals surface area contributed by atoms with Crippen LogP contribution in [-0.4, -0.2) is 73.8 Å². The normalized spacial score (nSPS) is 21.9. The van der Waals surface area contributed by atoms with Crippen molar-refractivity contribution < 1.29 is 8.42 Å². The van der Waals surface area contributed by atoms with Gasteiger partial charge in [0, 0.05) is 62.4 Å². The summed E-state index contributed by atoms with van der Waals surface area (Å²) in [6.45, 7) is 8.66. The van der Waals surface area contributed by atoms with Crippen LogP contribution in [0.4, 0.5) is 0 Å². The van der Waals surface area contributed by atoms with Gasteiger partial charge in [0.25, 0.3) is 0 Å². The second-order valence-electron chi connectivity index (χ2n) is 8.21. The number of nitrogens with one attached hydrogen (secondary N) is 1. The smallest absolute Gasteiger partial charge is 0.243 e. The van der Waals surface area contributed by atoms with Gasteiger partial charge in [-0.25, -0.2) is 8.42 Å². The van der Waals surface area contributed by atoms with Crippen molar-refractivity contribution in [2.75, 3.05) is 46.3 Å². The number of aromatic nitrogens is 1. The van der Waals surface area contributed by atoms with Gasteiger partial charge in [0.15, 0.2) is 0 Å². The number of aromatic amines is 1. The first-order valence-corrected chi connectivity index (χ1v) is 11.4. The second kappa shape index (κ2) is 7.54. The van der Waals surface area contributed by atoms with Crippen LogP contribution in [-0.2, 0) is 16.6 Å². The fraction of sp³-hybridized carbons (Fsp3) is 0.600. The number of piperazine rings is 1. The molecule has 2 aromatic rings. The summed E-state index contributed by atoms with van der Waals surface area (Å²) in [5.41, 5.74) is 2.15. The van der Waals surface area contributed by atoms with E-state index in [1.807, 2.05) is 12.1 Å². The molecule has 6 nitrogen and oxygen atoms in total. The van der Waals surface area contributed by atoms with Crippen LogP contribution in [0, 0.1) is 5.92 Å². The third kappa shape index (κ3) is 4.06. The average Bonchev–Trinajstić information content (AvgIpc) is 3.05. The van der Waals surface area contributed by atoms with Crippen molar-refractivity contribution in [3.05, 3.63) is 30.0 Å². The van der Waals surface area contributed by atoms with Crippen LogP contribution in [0.5, 0.6) is 0 Å². The number of likely N-dealkylation sites (N-methyl/N-ethyl adjacent to an activating group) is 1. The number of fused-ring (bicyclic) bond motifs is 1. The van der Waals surface area contributed by atoms with Crippen molar-refractivity contribution in [2.45, 2.75) is 31.2 Å². The third-order valence-electron chi connectivity index (χ3n) is 6.02. The minimum absolute atomic E-state index is 0.412. The number of nitrogens with zero attached hydrogens (tertiary/aromatic N) is 3. The fourth-order valence-corrected chi connectivity index (χ4v) is 5.54. The highest BCUT2D eigenvalue weighted by Gasteiger charge is 2.28. The molecule has 0 atom stereocenters. The molecule has 7 heteroatoms. The molecule has 3 heterocycles. The molecule has 1 N–H and O–H groups in total. The standard InChI is InChI=1S/C20H30N4O2S/c1-16-5-7-24(8-6-16)27(25,26)19-3-4-20-17(14-19)13-18(21-20)15-23-11-9-22(2)10-12-23/h3-4,13-14,16,21H,5-12,15H2,1-2H3. The van der Waals surface area contributed by atoms with Gasteiger partial charge in [0.2, 0.25) is 10.0 Å². The number of sulfonamides is 1. The lowest BCUT2D eigenvalue weighted by molar-refractivity contribution is 0.147. The number of rotatable bonds is 4. The molecule has 1 aromatic carbocycles. The summed E-state index contributed by atoms with van der Waals surface area (Å²) in [4.78, 5) is 8.66. The molecule has 0 unspecified atom stereocenters. The van der Waals surface area contributed by atoms with Gasteiger partial charge >= 0.3 is 0 Å². The lowest BCUT2D eigenvalue weighted by atomic mass is 10.0. The summed E-state index contributed by atoms with van der Waals surface area (Å²) in [5.74, 6) is 0.612. The molecule has 0 spiro atoms. The fourth-order valence-electron chi connectivity index (χ4n) is 4.04. The first kappa shape index (κ1) is 18.9. The molecular formula is C20H30N4O2S. The van der Waals surface area contributed by atoms with E-state index in [9.17, 15) is 8.42 Å². The maximum absolute atomic E-state index is 13.0. The highest BCUT2D eigenvalue weighted by molar-refractivity contribution is 7.89. The molecule has 4 rings (SSSR count). The van der Waals surface area contributed by atoms with Gasteiger partial charge in [0.05, 0.1) is 4.90 Å². The first-order valence-electron chi connectivity index (χ1n) is 9.94. The van der Waals surface area contributed by atoms with Crippen LogP contribution in [0.25, 0.3) is 10.9 Å². The SMILES string of the molecule is CC1CCN(S(=O)(=O)c2ccc3[nH]c(CN4CCN(C)CC4)cc3c2)CC1. The zero-order valence-electron chi connectivity index (χ0n) is 16.3. The summed E-state index contributed by atoms with van der Waals surface area (Å²) in [6.07, 6.45) is 1.89. The van der Waals surface area contributed by atoms with Crippen LogP contribution in [0.3, 0.4) is 0 Å². The molecule has 0 radical (unpaired) electrons. The van der Waals surface area contributed by atoms with Crippen molar-refractivity contribution in [1.29, 1.82) is 0 Å². The van der Waals surface area contributed by atoms with Gasteiger partial charge in [-0.15, -0.1) is 0 Å². The van der Waals surface area contributed by atoms with Crippen molar-refractivity contribution in [3.63, 3.8) is 0 Å². The monoisotopic (exact) mass is 390 g/mol. The van der Waals surface area contributed by atoms with Gasteiger partial charge in [-0.05, 0) is 50.1 Å². The topological polar surface area (TPSA) is 59.7 Å². The quantitative estimate of drug-likeness (QED) is 0.871. The first-order chi connectivity index (χ1) is 12.9. The molecule has 148 valence electrons. The minimum Gasteiger partial charge on any atom is -0.357 e. The zero-order chi connectivity index (χ0) is 19.0. The van der Waals surface area contributed by atoms with E-state index >= 15 is 0 Å². The van der Waals surface area contributed by atoms with Gasteiger partial charge in [-0.2, -0.15) is 4.31 Å². The van der Waals surface area contributed by atoms with Gasteiger partial charge in [-0.1, -0.05) is 6.92 Å². The van der Waals surface area contributed by atoms with E-state index in [-0.39, 0.29) is 0 Å². The molecule has 0 aliphatic carbocycles. The molecule has 2 fully saturated rings. The summed E-state index contributed by atoms with van der Waals surface area (Å²) >= 11 is 0. The van der Waals surface area contributed by atoms with Crippen molar-refractivity contribution in [1.82, 2.24) is 19.1 Å². The van der Waals surface area contributed by atoms with Crippen LogP contribution in [0.1, 0.15) is 25.5 Å². The second-order valence-corrected chi connectivity index (χ2v) is 10.1. The van der Waals surface area contributed by atoms with Crippen LogP contribution < -0.4 is 0 Å². The largest absolute Gasteiger partial charge is 0.357 e. The Morgan fingerprint density at radius 2 is 1.74 bits per heavy atom. The van der Waals surface area contributed by atoms with Crippen molar-refractivity contribution >= 4 is 20.9 Å². The summed E-state index contributed by atoms with van der Waals surface area (Å²) in [7, 11) is -1.24. The molecule has 0 bridgehead atoms. The Balaban J connectivity index is 1.52. The Morgan fingerprint density at radius 1 is 1.04 bits per heavy atom. The van der Waals surface area contributed by atoms with Gasteiger partial charge < -0.3 is 9.88 Å². The van der Waals surface area contributed by atoms with E-state index in [2.05, 4.69) is 34.8 Å². The zero-order valence-corrected chi connectivity index (χ0v) is 17.1. The predicted molar refractivity (Wildman–Crippen MR) is 108 cm³/mol. The Kier molecular flexibility index (Phi) is 5.29. The van der Waals surface area contributed by atoms with Crippen molar-refractivity contribution in [3.8, 4) is 0 Å². The third-order valence-corrected chi connectivity index (χ3v) is 7.91. The Bertz CT molecular complexity index is 892. The van der Waals surface area contributed by atoms with Crippen molar-refractivity contribution in [2.24, 2.45) is 5.92 Å². The number of hydrogen-bond donors (Lipinski definition) is 1. The van der Waals surface area contributed by atoms with E-state index in [0.29, 0.717) is 23.9 Å². The van der Waals surface area contributed by atoms with E-state index in [0.717, 1.165) is 62.2 Å². The van der Waals surface area contributed by atoms with Crippen LogP contribution in [0.15, 0.2) is 29.2 Å². The lowest BCUT2D eigenvalue weighted by Gasteiger charge is -2.31. The molecule has 0 saturated carbocycles. The Morgan fingerprint density at radius 3 is 2.44 bits per heavy atom. The van der Waals surface area contributed by atoms with Gasteiger partial charge in [-0.3, -0.25) is 4.90 Å². The minimum atomic E-state index is -3.40. The number of benzene rings is 1. The molecule has 1 aromatic heterocycles. The Hall–Kier alpha value is -1.41. The maximum atomic E-state index is 13.0. The average molecular weight is 391 g/mol. The number of piperidine rings is 1. The summed E-state index contributed by atoms with van der Waals surface area (Å²) < 4.78 is 27.6. The molecule has 2 saturated heterocycles. The number of hydrogen-bond acceptors (Lipinski definition) is 4. The van der Waals surface area contributed by atoms with E-state index in [4.69, 9.17) is 0 Å².